The Bertz CT molecular complexity index is 851. The van der Waals surface area contributed by atoms with Crippen molar-refractivity contribution in [3.8, 4) is 0 Å². The monoisotopic (exact) mass is 404 g/mol. The van der Waals surface area contributed by atoms with Gasteiger partial charge in [-0.2, -0.15) is 4.39 Å². The number of carboxylic acid groups (broad SMARTS) is 1. The molecule has 1 amide bonds. The number of amides is 1. The van der Waals surface area contributed by atoms with E-state index < -0.39 is 5.95 Å². The van der Waals surface area contributed by atoms with Gasteiger partial charge in [-0.15, -0.1) is 0 Å². The number of pyridine rings is 2. The fraction of sp³-hybridized carbons (Fsp3) is 0.400. The molecular formula is C20H22F2N4O3. The lowest BCUT2D eigenvalue weighted by molar-refractivity contribution is -0.122. The van der Waals surface area contributed by atoms with Crippen LogP contribution in [0, 0.1) is 23.6 Å². The first-order valence-electron chi connectivity index (χ1n) is 9.37. The largest absolute Gasteiger partial charge is 0.483 e. The first-order chi connectivity index (χ1) is 14.0. The Morgan fingerprint density at radius 3 is 2.34 bits per heavy atom. The quantitative estimate of drug-likeness (QED) is 0.611. The van der Waals surface area contributed by atoms with Crippen molar-refractivity contribution in [1.29, 1.82) is 0 Å². The number of nitrogens with zero attached hydrogens (tertiary/aromatic N) is 4. The summed E-state index contributed by atoms with van der Waals surface area (Å²) in [6.07, 6.45) is 4.69. The van der Waals surface area contributed by atoms with E-state index in [0.29, 0.717) is 36.3 Å². The van der Waals surface area contributed by atoms with E-state index in [4.69, 9.17) is 9.90 Å². The van der Waals surface area contributed by atoms with Gasteiger partial charge in [-0.25, -0.2) is 14.4 Å². The molecule has 0 unspecified atom stereocenters. The summed E-state index contributed by atoms with van der Waals surface area (Å²) >= 11 is 0. The lowest BCUT2D eigenvalue weighted by atomic mass is 9.92. The normalized spacial score (nSPS) is 20.9. The van der Waals surface area contributed by atoms with Gasteiger partial charge in [0.05, 0.1) is 0 Å². The van der Waals surface area contributed by atoms with E-state index in [2.05, 4.69) is 9.97 Å². The molecule has 0 saturated carbocycles. The first-order valence-corrected chi connectivity index (χ1v) is 9.37. The van der Waals surface area contributed by atoms with Crippen molar-refractivity contribution in [2.45, 2.75) is 12.8 Å². The Hall–Kier alpha value is -3.10. The molecule has 2 aliphatic heterocycles. The minimum atomic E-state index is -0.641. The predicted molar refractivity (Wildman–Crippen MR) is 101 cm³/mol. The maximum Gasteiger partial charge on any atom is 0.290 e. The number of anilines is 1. The van der Waals surface area contributed by atoms with E-state index >= 15 is 0 Å². The highest BCUT2D eigenvalue weighted by atomic mass is 19.1. The van der Waals surface area contributed by atoms with Crippen molar-refractivity contribution in [1.82, 2.24) is 14.9 Å². The van der Waals surface area contributed by atoms with E-state index in [1.54, 1.807) is 23.2 Å². The zero-order valence-electron chi connectivity index (χ0n) is 15.7. The topological polar surface area (TPSA) is 86.6 Å². The zero-order chi connectivity index (χ0) is 20.8. The van der Waals surface area contributed by atoms with Crippen molar-refractivity contribution >= 4 is 18.2 Å². The Balaban J connectivity index is 0.000000755. The molecule has 0 aliphatic carbocycles. The lowest BCUT2D eigenvalue weighted by Gasteiger charge is -2.23. The van der Waals surface area contributed by atoms with Crippen LogP contribution >= 0.6 is 0 Å². The maximum absolute atomic E-state index is 14.0. The van der Waals surface area contributed by atoms with E-state index in [1.807, 2.05) is 4.90 Å². The molecular weight excluding hydrogens is 382 g/mol. The van der Waals surface area contributed by atoms with Crippen LogP contribution in [-0.2, 0) is 4.79 Å². The van der Waals surface area contributed by atoms with Crippen LogP contribution in [0.1, 0.15) is 23.2 Å². The smallest absolute Gasteiger partial charge is 0.290 e. The van der Waals surface area contributed by atoms with Crippen LogP contribution in [0.2, 0.25) is 0 Å². The SMILES string of the molecule is O=C(c1ccnc(F)c1)N1C[C@H]2CCN(c3ncccc3F)CC[C@H]2C1.O=CO. The molecule has 1 N–H and O–H groups in total. The fourth-order valence-corrected chi connectivity index (χ4v) is 4.05. The Kier molecular flexibility index (Phi) is 6.69. The molecule has 0 bridgehead atoms. The Morgan fingerprint density at radius 2 is 1.76 bits per heavy atom. The molecule has 2 aromatic heterocycles. The van der Waals surface area contributed by atoms with Gasteiger partial charge in [-0.1, -0.05) is 0 Å². The third-order valence-electron chi connectivity index (χ3n) is 5.42. The highest BCUT2D eigenvalue weighted by molar-refractivity contribution is 5.94. The van der Waals surface area contributed by atoms with Gasteiger partial charge < -0.3 is 14.9 Å². The number of halogens is 2. The van der Waals surface area contributed by atoms with E-state index in [1.165, 1.54) is 18.3 Å². The molecule has 0 radical (unpaired) electrons. The number of carbonyl (C=O) groups is 2. The molecule has 0 spiro atoms. The minimum Gasteiger partial charge on any atom is -0.483 e. The molecule has 0 aromatic carbocycles. The van der Waals surface area contributed by atoms with Crippen molar-refractivity contribution in [3.63, 3.8) is 0 Å². The van der Waals surface area contributed by atoms with Gasteiger partial charge in [0.25, 0.3) is 12.4 Å². The van der Waals surface area contributed by atoms with Crippen LogP contribution in [0.15, 0.2) is 36.7 Å². The van der Waals surface area contributed by atoms with E-state index in [-0.39, 0.29) is 18.2 Å². The van der Waals surface area contributed by atoms with Gasteiger partial charge in [0.1, 0.15) is 0 Å². The molecule has 2 fully saturated rings. The third kappa shape index (κ3) is 4.85. The molecule has 29 heavy (non-hydrogen) atoms. The molecule has 9 heteroatoms. The van der Waals surface area contributed by atoms with Gasteiger partial charge in [0, 0.05) is 50.2 Å². The molecule has 154 valence electrons. The highest BCUT2D eigenvalue weighted by Gasteiger charge is 2.37. The molecule has 2 atom stereocenters. The standard InChI is InChI=1S/C19H20F2N4O.CH2O2/c20-16-2-1-6-23-18(16)24-8-4-14-11-25(12-15(14)5-9-24)19(26)13-3-7-22-17(21)10-13;2-1-3/h1-3,6-7,10,14-15H,4-5,8-9,11-12H2;1H,(H,2,3)/t14-,15+;. The average Bonchev–Trinajstić information content (AvgIpc) is 3.02. The highest BCUT2D eigenvalue weighted by Crippen LogP contribution is 2.34. The number of fused-ring (bicyclic) bond motifs is 1. The number of hydrogen-bond acceptors (Lipinski definition) is 5. The second-order valence-electron chi connectivity index (χ2n) is 7.08. The van der Waals surface area contributed by atoms with E-state index in [0.717, 1.165) is 25.9 Å². The second-order valence-corrected chi connectivity index (χ2v) is 7.08. The van der Waals surface area contributed by atoms with Crippen LogP contribution in [0.25, 0.3) is 0 Å². The number of carbonyl (C=O) groups excluding carboxylic acids is 1. The number of likely N-dealkylation sites (tertiary alicyclic amines) is 1. The summed E-state index contributed by atoms with van der Waals surface area (Å²) in [7, 11) is 0. The lowest BCUT2D eigenvalue weighted by Crippen LogP contribution is -2.31. The van der Waals surface area contributed by atoms with Gasteiger partial charge >= 0.3 is 0 Å². The van der Waals surface area contributed by atoms with Crippen LogP contribution < -0.4 is 4.90 Å². The molecule has 2 aliphatic rings. The summed E-state index contributed by atoms with van der Waals surface area (Å²) in [5.41, 5.74) is 0.339. The van der Waals surface area contributed by atoms with Crippen LogP contribution in [0.3, 0.4) is 0 Å². The van der Waals surface area contributed by atoms with Crippen LogP contribution in [-0.4, -0.2) is 58.5 Å². The summed E-state index contributed by atoms with van der Waals surface area (Å²) < 4.78 is 27.3. The van der Waals surface area contributed by atoms with Crippen LogP contribution in [0.5, 0.6) is 0 Å². The zero-order valence-corrected chi connectivity index (χ0v) is 15.7. The minimum absolute atomic E-state index is 0.146. The van der Waals surface area contributed by atoms with Crippen molar-refractivity contribution < 1.29 is 23.5 Å². The molecule has 2 saturated heterocycles. The Morgan fingerprint density at radius 1 is 1.10 bits per heavy atom. The number of hydrogen-bond donors (Lipinski definition) is 1. The summed E-state index contributed by atoms with van der Waals surface area (Å²) in [6, 6.07) is 5.76. The van der Waals surface area contributed by atoms with Crippen molar-refractivity contribution in [3.05, 3.63) is 54.0 Å². The van der Waals surface area contributed by atoms with Crippen molar-refractivity contribution in [2.24, 2.45) is 11.8 Å². The first kappa shape index (κ1) is 20.6. The number of aromatic nitrogens is 2. The molecule has 7 nitrogen and oxygen atoms in total. The van der Waals surface area contributed by atoms with Crippen LogP contribution in [0.4, 0.5) is 14.6 Å². The van der Waals surface area contributed by atoms with Gasteiger partial charge in [-0.05, 0) is 42.9 Å². The molecule has 4 heterocycles. The maximum atomic E-state index is 14.0. The molecule has 2 aromatic rings. The Labute approximate surface area is 167 Å². The fourth-order valence-electron chi connectivity index (χ4n) is 4.05. The summed E-state index contributed by atoms with van der Waals surface area (Å²) in [6.45, 7) is 2.51. The second kappa shape index (κ2) is 9.40. The molecule has 4 rings (SSSR count). The van der Waals surface area contributed by atoms with Crippen molar-refractivity contribution in [2.75, 3.05) is 31.1 Å². The predicted octanol–water partition coefficient (Wildman–Crippen LogP) is 2.44. The average molecular weight is 404 g/mol. The summed E-state index contributed by atoms with van der Waals surface area (Å²) in [5.74, 6) is 0.0813. The van der Waals surface area contributed by atoms with Gasteiger partial charge in [0.15, 0.2) is 11.6 Å². The van der Waals surface area contributed by atoms with Gasteiger partial charge in [0.2, 0.25) is 5.95 Å². The number of rotatable bonds is 2. The summed E-state index contributed by atoms with van der Waals surface area (Å²) in [4.78, 5) is 32.5. The third-order valence-corrected chi connectivity index (χ3v) is 5.42. The summed E-state index contributed by atoms with van der Waals surface area (Å²) in [5, 5.41) is 6.89. The van der Waals surface area contributed by atoms with Gasteiger partial charge in [-0.3, -0.25) is 9.59 Å². The van der Waals surface area contributed by atoms with E-state index in [9.17, 15) is 13.6 Å².